The minimum atomic E-state index is -0.0612. The number of pyridine rings is 1. The first-order valence-electron chi connectivity index (χ1n) is 7.59. The second kappa shape index (κ2) is 7.31. The van der Waals surface area contributed by atoms with E-state index >= 15 is 0 Å². The Hall–Kier alpha value is -1.75. The molecule has 5 heteroatoms. The summed E-state index contributed by atoms with van der Waals surface area (Å²) in [7, 11) is 2.07. The lowest BCUT2D eigenvalue weighted by atomic mass is 9.91. The number of amides is 1. The average molecular weight is 289 g/mol. The van der Waals surface area contributed by atoms with E-state index in [1.54, 1.807) is 18.2 Å². The number of carbonyl (C=O) groups excluding carboxylic acids is 2. The maximum absolute atomic E-state index is 12.5. The van der Waals surface area contributed by atoms with E-state index in [0.717, 1.165) is 32.4 Å². The molecule has 2 rings (SSSR count). The van der Waals surface area contributed by atoms with Gasteiger partial charge in [-0.25, -0.2) is 4.98 Å². The van der Waals surface area contributed by atoms with E-state index in [2.05, 4.69) is 22.2 Å². The van der Waals surface area contributed by atoms with Crippen molar-refractivity contribution in [1.29, 1.82) is 0 Å². The van der Waals surface area contributed by atoms with E-state index in [4.69, 9.17) is 0 Å². The Morgan fingerprint density at radius 3 is 2.71 bits per heavy atom. The predicted molar refractivity (Wildman–Crippen MR) is 82.3 cm³/mol. The number of nitrogens with zero attached hydrogens (tertiary/aromatic N) is 2. The van der Waals surface area contributed by atoms with Crippen molar-refractivity contribution in [3.63, 3.8) is 0 Å². The monoisotopic (exact) mass is 289 g/mol. The van der Waals surface area contributed by atoms with Crippen molar-refractivity contribution in [3.8, 4) is 0 Å². The fourth-order valence-electron chi connectivity index (χ4n) is 2.55. The Morgan fingerprint density at radius 2 is 2.05 bits per heavy atom. The van der Waals surface area contributed by atoms with E-state index in [1.165, 1.54) is 0 Å². The van der Waals surface area contributed by atoms with Crippen LogP contribution in [0.5, 0.6) is 0 Å². The van der Waals surface area contributed by atoms with Crippen LogP contribution in [-0.2, 0) is 4.79 Å². The molecule has 0 aliphatic carbocycles. The topological polar surface area (TPSA) is 62.3 Å². The largest absolute Gasteiger partial charge is 0.311 e. The quantitative estimate of drug-likeness (QED) is 0.845. The third kappa shape index (κ3) is 4.36. The van der Waals surface area contributed by atoms with Crippen molar-refractivity contribution in [2.45, 2.75) is 32.6 Å². The van der Waals surface area contributed by atoms with Gasteiger partial charge in [-0.3, -0.25) is 9.59 Å². The van der Waals surface area contributed by atoms with Gasteiger partial charge in [0.1, 0.15) is 11.5 Å². The minimum Gasteiger partial charge on any atom is -0.311 e. The first kappa shape index (κ1) is 15.6. The van der Waals surface area contributed by atoms with Gasteiger partial charge in [-0.05, 0) is 51.5 Å². The molecular weight excluding hydrogens is 266 g/mol. The fourth-order valence-corrected chi connectivity index (χ4v) is 2.55. The fraction of sp³-hybridized carbons (Fsp3) is 0.562. The molecule has 1 aliphatic heterocycles. The lowest BCUT2D eigenvalue weighted by molar-refractivity contribution is -0.116. The molecule has 1 N–H and O–H groups in total. The van der Waals surface area contributed by atoms with E-state index in [0.29, 0.717) is 17.9 Å². The van der Waals surface area contributed by atoms with Crippen molar-refractivity contribution in [2.24, 2.45) is 5.92 Å². The van der Waals surface area contributed by atoms with Gasteiger partial charge in [-0.15, -0.1) is 0 Å². The zero-order valence-corrected chi connectivity index (χ0v) is 12.8. The van der Waals surface area contributed by atoms with Gasteiger partial charge in [0.25, 0.3) is 0 Å². The van der Waals surface area contributed by atoms with Crippen LogP contribution in [0, 0.1) is 5.92 Å². The molecule has 1 amide bonds. The van der Waals surface area contributed by atoms with Crippen molar-refractivity contribution in [3.05, 3.63) is 23.9 Å². The molecule has 0 radical (unpaired) electrons. The van der Waals surface area contributed by atoms with E-state index in [-0.39, 0.29) is 17.6 Å². The number of Topliss-reactive ketones (excluding diaryl/α,β-unsaturated/α-hetero) is 1. The van der Waals surface area contributed by atoms with E-state index in [9.17, 15) is 9.59 Å². The number of rotatable bonds is 5. The highest BCUT2D eigenvalue weighted by atomic mass is 16.1. The molecule has 2 heterocycles. The molecule has 1 aliphatic rings. The molecular formula is C16H23N3O2. The van der Waals surface area contributed by atoms with Gasteiger partial charge in [0.2, 0.25) is 5.91 Å². The second-order valence-electron chi connectivity index (χ2n) is 5.65. The predicted octanol–water partition coefficient (Wildman–Crippen LogP) is 2.34. The number of likely N-dealkylation sites (tertiary alicyclic amines) is 1. The van der Waals surface area contributed by atoms with Crippen molar-refractivity contribution < 1.29 is 9.59 Å². The molecule has 0 spiro atoms. The van der Waals surface area contributed by atoms with Gasteiger partial charge < -0.3 is 10.2 Å². The Bertz CT molecular complexity index is 508. The molecule has 0 unspecified atom stereocenters. The standard InChI is InChI=1S/C16H23N3O2/c1-3-5-15(20)18-14-7-4-6-13(17-14)16(21)12-8-10-19(2)11-9-12/h4,6-7,12H,3,5,8-11H2,1-2H3,(H,17,18,20). The molecule has 21 heavy (non-hydrogen) atoms. The molecule has 0 atom stereocenters. The average Bonchev–Trinajstić information content (AvgIpc) is 2.48. The summed E-state index contributed by atoms with van der Waals surface area (Å²) in [5.41, 5.74) is 0.457. The summed E-state index contributed by atoms with van der Waals surface area (Å²) in [5.74, 6) is 0.547. The van der Waals surface area contributed by atoms with Crippen LogP contribution in [0.3, 0.4) is 0 Å². The molecule has 0 saturated carbocycles. The number of ketones is 1. The molecule has 0 aromatic carbocycles. The zero-order valence-electron chi connectivity index (χ0n) is 12.8. The summed E-state index contributed by atoms with van der Waals surface area (Å²) < 4.78 is 0. The maximum atomic E-state index is 12.5. The first-order chi connectivity index (χ1) is 10.1. The third-order valence-corrected chi connectivity index (χ3v) is 3.84. The Balaban J connectivity index is 2.02. The SMILES string of the molecule is CCCC(=O)Nc1cccc(C(=O)C2CCN(C)CC2)n1. The van der Waals surface area contributed by atoms with Crippen LogP contribution in [0.25, 0.3) is 0 Å². The minimum absolute atomic E-state index is 0.0512. The van der Waals surface area contributed by atoms with Crippen molar-refractivity contribution >= 4 is 17.5 Å². The van der Waals surface area contributed by atoms with Gasteiger partial charge in [0.15, 0.2) is 5.78 Å². The summed E-state index contributed by atoms with van der Waals surface area (Å²) >= 11 is 0. The van der Waals surface area contributed by atoms with Crippen LogP contribution in [0.1, 0.15) is 43.1 Å². The summed E-state index contributed by atoms with van der Waals surface area (Å²) in [5, 5.41) is 2.74. The molecule has 1 aromatic heterocycles. The third-order valence-electron chi connectivity index (χ3n) is 3.84. The number of anilines is 1. The molecule has 1 aromatic rings. The van der Waals surface area contributed by atoms with Gasteiger partial charge in [-0.2, -0.15) is 0 Å². The highest BCUT2D eigenvalue weighted by molar-refractivity contribution is 5.97. The highest BCUT2D eigenvalue weighted by Crippen LogP contribution is 2.20. The number of carbonyl (C=O) groups is 2. The van der Waals surface area contributed by atoms with Gasteiger partial charge >= 0.3 is 0 Å². The smallest absolute Gasteiger partial charge is 0.225 e. The van der Waals surface area contributed by atoms with Crippen LogP contribution >= 0.6 is 0 Å². The maximum Gasteiger partial charge on any atom is 0.225 e. The zero-order chi connectivity index (χ0) is 15.2. The lowest BCUT2D eigenvalue weighted by Gasteiger charge is -2.27. The Labute approximate surface area is 125 Å². The van der Waals surface area contributed by atoms with Crippen molar-refractivity contribution in [1.82, 2.24) is 9.88 Å². The molecule has 1 fully saturated rings. The number of hydrogen-bond donors (Lipinski definition) is 1. The second-order valence-corrected chi connectivity index (χ2v) is 5.65. The van der Waals surface area contributed by atoms with E-state index < -0.39 is 0 Å². The van der Waals surface area contributed by atoms with Crippen LogP contribution in [0.2, 0.25) is 0 Å². The molecule has 1 saturated heterocycles. The summed E-state index contributed by atoms with van der Waals surface area (Å²) in [4.78, 5) is 30.6. The van der Waals surface area contributed by atoms with E-state index in [1.807, 2.05) is 6.92 Å². The van der Waals surface area contributed by atoms with Crippen LogP contribution in [0.4, 0.5) is 5.82 Å². The summed E-state index contributed by atoms with van der Waals surface area (Å²) in [6, 6.07) is 5.23. The number of hydrogen-bond acceptors (Lipinski definition) is 4. The summed E-state index contributed by atoms with van der Waals surface area (Å²) in [6.07, 6.45) is 3.02. The first-order valence-corrected chi connectivity index (χ1v) is 7.59. The van der Waals surface area contributed by atoms with Gasteiger partial charge in [0, 0.05) is 12.3 Å². The van der Waals surface area contributed by atoms with Gasteiger partial charge in [0.05, 0.1) is 0 Å². The molecule has 0 bridgehead atoms. The van der Waals surface area contributed by atoms with Crippen LogP contribution in [-0.4, -0.2) is 41.7 Å². The molecule has 5 nitrogen and oxygen atoms in total. The number of piperidine rings is 1. The van der Waals surface area contributed by atoms with Crippen molar-refractivity contribution in [2.75, 3.05) is 25.5 Å². The van der Waals surface area contributed by atoms with Crippen LogP contribution in [0.15, 0.2) is 18.2 Å². The Kier molecular flexibility index (Phi) is 5.44. The lowest BCUT2D eigenvalue weighted by Crippen LogP contribution is -2.33. The van der Waals surface area contributed by atoms with Crippen LogP contribution < -0.4 is 5.32 Å². The highest BCUT2D eigenvalue weighted by Gasteiger charge is 2.25. The number of nitrogens with one attached hydrogen (secondary N) is 1. The Morgan fingerprint density at radius 1 is 1.33 bits per heavy atom. The molecule has 114 valence electrons. The number of aromatic nitrogens is 1. The van der Waals surface area contributed by atoms with Gasteiger partial charge in [-0.1, -0.05) is 13.0 Å². The summed E-state index contributed by atoms with van der Waals surface area (Å²) in [6.45, 7) is 3.85. The normalized spacial score (nSPS) is 16.7.